The van der Waals surface area contributed by atoms with Gasteiger partial charge in [0.15, 0.2) is 0 Å². The molecule has 1 fully saturated rings. The molecular formula is C6H9O3-. The van der Waals surface area contributed by atoms with Crippen LogP contribution < -0.4 is 5.11 Å². The predicted octanol–water partition coefficient (Wildman–Crippen LogP) is -0.837. The molecule has 1 aliphatic heterocycles. The van der Waals surface area contributed by atoms with Crippen molar-refractivity contribution in [1.29, 1.82) is 0 Å². The number of hydrogen-bond acceptors (Lipinski definition) is 3. The van der Waals surface area contributed by atoms with Crippen molar-refractivity contribution in [1.82, 2.24) is 0 Å². The predicted molar refractivity (Wildman–Crippen MR) is 28.5 cm³/mol. The quantitative estimate of drug-likeness (QED) is 0.464. The first-order valence-electron chi connectivity index (χ1n) is 3.09. The number of carboxylic acid groups (broad SMARTS) is 1. The third-order valence-corrected chi connectivity index (χ3v) is 1.49. The molecule has 1 rings (SSSR count). The fourth-order valence-electron chi connectivity index (χ4n) is 0.927. The Bertz CT molecular complexity index is 105. The number of carbonyl (C=O) groups excluding carboxylic acids is 1. The molecule has 0 amide bonds. The average molecular weight is 129 g/mol. The van der Waals surface area contributed by atoms with Gasteiger partial charge < -0.3 is 14.6 Å². The standard InChI is InChI=1S/C6H10O3/c7-6(8)5-2-1-3-9-4-5/h5H,1-4H2,(H,7,8)/p-1/t5-/m0/s1. The fraction of sp³-hybridized carbons (Fsp3) is 0.833. The summed E-state index contributed by atoms with van der Waals surface area (Å²) in [6, 6.07) is 0. The Balaban J connectivity index is 2.31. The molecule has 0 aliphatic carbocycles. The Kier molecular flexibility index (Phi) is 2.05. The molecule has 1 heterocycles. The second kappa shape index (κ2) is 2.82. The van der Waals surface area contributed by atoms with Crippen LogP contribution in [-0.4, -0.2) is 19.2 Å². The van der Waals surface area contributed by atoms with E-state index in [0.717, 1.165) is 6.42 Å². The molecular weight excluding hydrogens is 120 g/mol. The van der Waals surface area contributed by atoms with E-state index >= 15 is 0 Å². The van der Waals surface area contributed by atoms with Crippen molar-refractivity contribution in [2.45, 2.75) is 12.8 Å². The van der Waals surface area contributed by atoms with Crippen LogP contribution in [0.25, 0.3) is 0 Å². The molecule has 0 aromatic heterocycles. The first kappa shape index (κ1) is 6.55. The van der Waals surface area contributed by atoms with Crippen LogP contribution in [0.1, 0.15) is 12.8 Å². The van der Waals surface area contributed by atoms with Crippen LogP contribution >= 0.6 is 0 Å². The van der Waals surface area contributed by atoms with E-state index in [9.17, 15) is 9.90 Å². The van der Waals surface area contributed by atoms with Gasteiger partial charge in [-0.3, -0.25) is 0 Å². The molecule has 9 heavy (non-hydrogen) atoms. The van der Waals surface area contributed by atoms with Gasteiger partial charge in [0.05, 0.1) is 6.61 Å². The van der Waals surface area contributed by atoms with E-state index in [1.165, 1.54) is 0 Å². The van der Waals surface area contributed by atoms with Gasteiger partial charge in [0.25, 0.3) is 0 Å². The van der Waals surface area contributed by atoms with E-state index < -0.39 is 5.97 Å². The Morgan fingerprint density at radius 2 is 2.44 bits per heavy atom. The first-order chi connectivity index (χ1) is 4.30. The zero-order valence-corrected chi connectivity index (χ0v) is 5.13. The molecule has 52 valence electrons. The highest BCUT2D eigenvalue weighted by Gasteiger charge is 2.13. The third kappa shape index (κ3) is 1.68. The van der Waals surface area contributed by atoms with Gasteiger partial charge in [0.1, 0.15) is 0 Å². The zero-order valence-electron chi connectivity index (χ0n) is 5.13. The van der Waals surface area contributed by atoms with Gasteiger partial charge in [0.2, 0.25) is 0 Å². The first-order valence-corrected chi connectivity index (χ1v) is 3.09. The molecule has 0 aromatic rings. The Hall–Kier alpha value is -0.570. The summed E-state index contributed by atoms with van der Waals surface area (Å²) in [5, 5.41) is 10.2. The number of rotatable bonds is 1. The van der Waals surface area contributed by atoms with Crippen LogP contribution in [0.15, 0.2) is 0 Å². The van der Waals surface area contributed by atoms with Crippen molar-refractivity contribution in [2.75, 3.05) is 13.2 Å². The van der Waals surface area contributed by atoms with Crippen LogP contribution in [0.5, 0.6) is 0 Å². The summed E-state index contributed by atoms with van der Waals surface area (Å²) in [4.78, 5) is 10.2. The van der Waals surface area contributed by atoms with Crippen molar-refractivity contribution >= 4 is 5.97 Å². The Morgan fingerprint density at radius 1 is 1.67 bits per heavy atom. The van der Waals surface area contributed by atoms with E-state index in [4.69, 9.17) is 4.74 Å². The van der Waals surface area contributed by atoms with Crippen LogP contribution in [0, 0.1) is 5.92 Å². The molecule has 1 atom stereocenters. The van der Waals surface area contributed by atoms with E-state index in [0.29, 0.717) is 19.6 Å². The molecule has 1 aliphatic rings. The number of ether oxygens (including phenoxy) is 1. The van der Waals surface area contributed by atoms with E-state index in [-0.39, 0.29) is 5.92 Å². The minimum absolute atomic E-state index is 0.336. The van der Waals surface area contributed by atoms with Crippen LogP contribution in [0.3, 0.4) is 0 Å². The number of aliphatic carboxylic acids is 1. The smallest absolute Gasteiger partial charge is 0.0546 e. The third-order valence-electron chi connectivity index (χ3n) is 1.49. The van der Waals surface area contributed by atoms with Gasteiger partial charge >= 0.3 is 0 Å². The minimum atomic E-state index is -0.977. The van der Waals surface area contributed by atoms with E-state index in [1.807, 2.05) is 0 Å². The Morgan fingerprint density at radius 3 is 2.78 bits per heavy atom. The van der Waals surface area contributed by atoms with Gasteiger partial charge in [-0.2, -0.15) is 0 Å². The number of hydrogen-bond donors (Lipinski definition) is 0. The van der Waals surface area contributed by atoms with Gasteiger partial charge in [0, 0.05) is 18.5 Å². The molecule has 0 unspecified atom stereocenters. The lowest BCUT2D eigenvalue weighted by atomic mass is 10.0. The molecule has 3 heteroatoms. The monoisotopic (exact) mass is 129 g/mol. The zero-order chi connectivity index (χ0) is 6.69. The lowest BCUT2D eigenvalue weighted by Crippen LogP contribution is -2.36. The maximum Gasteiger partial charge on any atom is 0.0546 e. The summed E-state index contributed by atoms with van der Waals surface area (Å²) in [5.41, 5.74) is 0. The minimum Gasteiger partial charge on any atom is -0.550 e. The summed E-state index contributed by atoms with van der Waals surface area (Å²) >= 11 is 0. The van der Waals surface area contributed by atoms with Crippen molar-refractivity contribution in [3.05, 3.63) is 0 Å². The maximum absolute atomic E-state index is 10.2. The molecule has 0 N–H and O–H groups in total. The molecule has 0 radical (unpaired) electrons. The molecule has 0 aromatic carbocycles. The molecule has 0 spiro atoms. The lowest BCUT2D eigenvalue weighted by molar-refractivity contribution is -0.314. The van der Waals surface area contributed by atoms with Crippen molar-refractivity contribution in [2.24, 2.45) is 5.92 Å². The van der Waals surface area contributed by atoms with E-state index in [2.05, 4.69) is 0 Å². The topological polar surface area (TPSA) is 49.4 Å². The second-order valence-corrected chi connectivity index (χ2v) is 2.23. The molecule has 0 saturated carbocycles. The lowest BCUT2D eigenvalue weighted by Gasteiger charge is -2.22. The normalized spacial score (nSPS) is 27.8. The van der Waals surface area contributed by atoms with Gasteiger partial charge in [-0.25, -0.2) is 0 Å². The molecule has 3 nitrogen and oxygen atoms in total. The summed E-state index contributed by atoms with van der Waals surface area (Å²) in [7, 11) is 0. The van der Waals surface area contributed by atoms with Crippen LogP contribution in [-0.2, 0) is 9.53 Å². The maximum atomic E-state index is 10.2. The largest absolute Gasteiger partial charge is 0.550 e. The number of carboxylic acids is 1. The van der Waals surface area contributed by atoms with Crippen molar-refractivity contribution in [3.63, 3.8) is 0 Å². The Labute approximate surface area is 53.6 Å². The highest BCUT2D eigenvalue weighted by Crippen LogP contribution is 2.11. The van der Waals surface area contributed by atoms with Gasteiger partial charge in [-0.05, 0) is 12.8 Å². The van der Waals surface area contributed by atoms with Gasteiger partial charge in [-0.15, -0.1) is 0 Å². The average Bonchev–Trinajstić information content (AvgIpc) is 1.90. The highest BCUT2D eigenvalue weighted by molar-refractivity contribution is 5.67. The van der Waals surface area contributed by atoms with Crippen LogP contribution in [0.2, 0.25) is 0 Å². The van der Waals surface area contributed by atoms with E-state index in [1.54, 1.807) is 0 Å². The summed E-state index contributed by atoms with van der Waals surface area (Å²) in [6.07, 6.45) is 1.56. The summed E-state index contributed by atoms with van der Waals surface area (Å²) in [6.45, 7) is 1.03. The molecule has 1 saturated heterocycles. The molecule has 0 bridgehead atoms. The number of carbonyl (C=O) groups is 1. The summed E-state index contributed by atoms with van der Waals surface area (Å²) in [5.74, 6) is -1.34. The highest BCUT2D eigenvalue weighted by atomic mass is 16.5. The summed E-state index contributed by atoms with van der Waals surface area (Å²) < 4.78 is 4.92. The van der Waals surface area contributed by atoms with Crippen LogP contribution in [0.4, 0.5) is 0 Å². The van der Waals surface area contributed by atoms with Crippen molar-refractivity contribution in [3.8, 4) is 0 Å². The SMILES string of the molecule is O=C([O-])[C@H]1CCCOC1. The van der Waals surface area contributed by atoms with Crippen molar-refractivity contribution < 1.29 is 14.6 Å². The fourth-order valence-corrected chi connectivity index (χ4v) is 0.927. The second-order valence-electron chi connectivity index (χ2n) is 2.23. The van der Waals surface area contributed by atoms with Gasteiger partial charge in [-0.1, -0.05) is 0 Å².